The van der Waals surface area contributed by atoms with Gasteiger partial charge in [0.1, 0.15) is 23.6 Å². The number of aryl methyl sites for hydroxylation is 1. The van der Waals surface area contributed by atoms with E-state index < -0.39 is 37.4 Å². The molecule has 32 heavy (non-hydrogen) atoms. The van der Waals surface area contributed by atoms with Gasteiger partial charge >= 0.3 is 13.4 Å². The van der Waals surface area contributed by atoms with Crippen LogP contribution in [0.4, 0.5) is 0 Å². The highest BCUT2D eigenvalue weighted by atomic mass is 31.2. The van der Waals surface area contributed by atoms with Crippen molar-refractivity contribution in [1.29, 1.82) is 0 Å². The van der Waals surface area contributed by atoms with E-state index in [1.54, 1.807) is 0 Å². The summed E-state index contributed by atoms with van der Waals surface area (Å²) < 4.78 is 25.2. The Bertz CT molecular complexity index is 1230. The SMILES string of the molecule is C#CCCCCC#Cc1cn([C@@H]2OC[C@H](OP(=O)(O)n3ccnc3C)[C@H]2O)c(=O)[nH]c1=O. The van der Waals surface area contributed by atoms with Crippen LogP contribution in [0.5, 0.6) is 0 Å². The summed E-state index contributed by atoms with van der Waals surface area (Å²) in [6.07, 6.45) is 7.84. The smallest absolute Gasteiger partial charge is 0.386 e. The zero-order valence-electron chi connectivity index (χ0n) is 17.3. The average molecular weight is 462 g/mol. The third-order valence-corrected chi connectivity index (χ3v) is 6.30. The predicted octanol–water partition coefficient (Wildman–Crippen LogP) is 0.510. The van der Waals surface area contributed by atoms with Gasteiger partial charge in [-0.1, -0.05) is 11.8 Å². The van der Waals surface area contributed by atoms with Gasteiger partial charge in [-0.05, 0) is 19.8 Å². The predicted molar refractivity (Wildman–Crippen MR) is 114 cm³/mol. The Balaban J connectivity index is 1.76. The van der Waals surface area contributed by atoms with Gasteiger partial charge in [0.2, 0.25) is 0 Å². The van der Waals surface area contributed by atoms with E-state index in [2.05, 4.69) is 27.7 Å². The van der Waals surface area contributed by atoms with Crippen molar-refractivity contribution in [2.24, 2.45) is 0 Å². The van der Waals surface area contributed by atoms with E-state index in [1.165, 1.54) is 25.5 Å². The lowest BCUT2D eigenvalue weighted by Crippen LogP contribution is -2.38. The summed E-state index contributed by atoms with van der Waals surface area (Å²) in [5, 5.41) is 10.6. The Hall–Kier alpha value is -2.92. The third-order valence-electron chi connectivity index (χ3n) is 4.79. The van der Waals surface area contributed by atoms with Gasteiger partial charge in [0.25, 0.3) is 5.56 Å². The number of ether oxygens (including phenoxy) is 1. The molecule has 4 atom stereocenters. The van der Waals surface area contributed by atoms with Crippen molar-refractivity contribution in [2.75, 3.05) is 6.61 Å². The Morgan fingerprint density at radius 1 is 1.41 bits per heavy atom. The molecule has 0 aromatic carbocycles. The van der Waals surface area contributed by atoms with E-state index >= 15 is 0 Å². The van der Waals surface area contributed by atoms with Crippen molar-refractivity contribution < 1.29 is 23.8 Å². The summed E-state index contributed by atoms with van der Waals surface area (Å²) >= 11 is 0. The van der Waals surface area contributed by atoms with Crippen LogP contribution in [0.15, 0.2) is 28.2 Å². The summed E-state index contributed by atoms with van der Waals surface area (Å²) in [6.45, 7) is 1.26. The van der Waals surface area contributed by atoms with Crippen molar-refractivity contribution in [3.8, 4) is 24.2 Å². The van der Waals surface area contributed by atoms with Gasteiger partial charge in [-0.15, -0.1) is 12.3 Å². The molecule has 0 aliphatic carbocycles. The lowest BCUT2D eigenvalue weighted by Gasteiger charge is -2.22. The summed E-state index contributed by atoms with van der Waals surface area (Å²) in [4.78, 5) is 40.6. The van der Waals surface area contributed by atoms with Crippen LogP contribution in [-0.2, 0) is 13.8 Å². The highest BCUT2D eigenvalue weighted by molar-refractivity contribution is 7.51. The maximum atomic E-state index is 12.6. The summed E-state index contributed by atoms with van der Waals surface area (Å²) in [5.74, 6) is 8.34. The van der Waals surface area contributed by atoms with Crippen LogP contribution in [0.2, 0.25) is 0 Å². The second-order valence-corrected chi connectivity index (χ2v) is 8.71. The first-order valence-electron chi connectivity index (χ1n) is 9.84. The number of H-pyrrole nitrogens is 1. The second kappa shape index (κ2) is 10.1. The molecule has 3 heterocycles. The van der Waals surface area contributed by atoms with Gasteiger partial charge in [-0.3, -0.25) is 18.9 Å². The molecule has 1 fully saturated rings. The van der Waals surface area contributed by atoms with Crippen LogP contribution in [0, 0.1) is 31.1 Å². The van der Waals surface area contributed by atoms with E-state index in [-0.39, 0.29) is 18.0 Å². The standard InChI is InChI=1S/C20H23N4O7P/c1-3-4-5-6-7-8-9-15-12-23(20(27)22-18(15)26)19-17(25)16(13-30-19)31-32(28,29)24-11-10-21-14(24)2/h1,10-12,16-17,19,25H,4-7,13H2,2H3,(H,28,29)(H,22,26,27)/t16-,17+,19+/m0/s1. The van der Waals surface area contributed by atoms with Crippen LogP contribution in [0.25, 0.3) is 0 Å². The number of hydrogen-bond acceptors (Lipinski definition) is 7. The zero-order chi connectivity index (χ0) is 23.3. The molecular formula is C20H23N4O7P. The maximum absolute atomic E-state index is 12.6. The quantitative estimate of drug-likeness (QED) is 0.306. The molecule has 3 rings (SSSR count). The summed E-state index contributed by atoms with van der Waals surface area (Å²) in [6, 6.07) is 0. The number of rotatable bonds is 7. The van der Waals surface area contributed by atoms with Crippen LogP contribution in [0.1, 0.15) is 43.3 Å². The number of aromatic nitrogens is 4. The molecule has 0 saturated carbocycles. The second-order valence-electron chi connectivity index (χ2n) is 7.09. The molecule has 1 unspecified atom stereocenters. The van der Waals surface area contributed by atoms with Crippen LogP contribution >= 0.6 is 7.75 Å². The molecule has 1 aliphatic rings. The number of aromatic amines is 1. The summed E-state index contributed by atoms with van der Waals surface area (Å²) in [5.41, 5.74) is -1.47. The molecule has 2 aromatic rings. The minimum absolute atomic E-state index is 0.0172. The molecule has 0 amide bonds. The van der Waals surface area contributed by atoms with E-state index in [1.807, 2.05) is 0 Å². The minimum atomic E-state index is -4.36. The molecule has 1 aliphatic heterocycles. The highest BCUT2D eigenvalue weighted by Gasteiger charge is 2.43. The lowest BCUT2D eigenvalue weighted by molar-refractivity contribution is -0.0198. The number of nitrogens with zero attached hydrogens (tertiary/aromatic N) is 3. The molecule has 2 aromatic heterocycles. The number of imidazole rings is 1. The normalized spacial score (nSPS) is 22.0. The van der Waals surface area contributed by atoms with E-state index in [0.717, 1.165) is 21.7 Å². The third kappa shape index (κ3) is 5.28. The molecule has 0 radical (unpaired) electrons. The Morgan fingerprint density at radius 3 is 2.84 bits per heavy atom. The molecule has 0 bridgehead atoms. The van der Waals surface area contributed by atoms with Gasteiger partial charge in [-0.2, -0.15) is 0 Å². The van der Waals surface area contributed by atoms with Crippen LogP contribution in [0.3, 0.4) is 0 Å². The highest BCUT2D eigenvalue weighted by Crippen LogP contribution is 2.47. The van der Waals surface area contributed by atoms with E-state index in [4.69, 9.17) is 15.7 Å². The Kier molecular flexibility index (Phi) is 7.52. The Morgan fingerprint density at radius 2 is 2.16 bits per heavy atom. The van der Waals surface area contributed by atoms with Gasteiger partial charge in [-0.25, -0.2) is 18.7 Å². The fourth-order valence-corrected chi connectivity index (χ4v) is 4.42. The number of hydrogen-bond donors (Lipinski definition) is 3. The molecule has 11 nitrogen and oxygen atoms in total. The van der Waals surface area contributed by atoms with E-state index in [0.29, 0.717) is 12.8 Å². The molecule has 3 N–H and O–H groups in total. The molecule has 170 valence electrons. The number of terminal acetylenes is 1. The maximum Gasteiger partial charge on any atom is 0.438 e. The number of nitrogens with one attached hydrogen (secondary N) is 1. The average Bonchev–Trinajstić information content (AvgIpc) is 3.32. The summed E-state index contributed by atoms with van der Waals surface area (Å²) in [7, 11) is -4.36. The largest absolute Gasteiger partial charge is 0.438 e. The van der Waals surface area contributed by atoms with Gasteiger partial charge < -0.3 is 14.7 Å². The number of aliphatic hydroxyl groups excluding tert-OH is 1. The zero-order valence-corrected chi connectivity index (χ0v) is 18.2. The van der Waals surface area contributed by atoms with Crippen molar-refractivity contribution in [3.05, 3.63) is 50.8 Å². The van der Waals surface area contributed by atoms with Crippen LogP contribution in [-0.4, -0.2) is 47.7 Å². The minimum Gasteiger partial charge on any atom is -0.386 e. The van der Waals surface area contributed by atoms with Gasteiger partial charge in [0.05, 0.1) is 6.61 Å². The van der Waals surface area contributed by atoms with Gasteiger partial charge in [0.15, 0.2) is 6.23 Å². The van der Waals surface area contributed by atoms with Gasteiger partial charge in [0, 0.05) is 31.4 Å². The fourth-order valence-electron chi connectivity index (χ4n) is 3.14. The first kappa shape index (κ1) is 23.7. The van der Waals surface area contributed by atoms with Crippen LogP contribution < -0.4 is 11.2 Å². The molecule has 12 heteroatoms. The Labute approximate surface area is 183 Å². The van der Waals surface area contributed by atoms with Crippen molar-refractivity contribution in [2.45, 2.75) is 51.0 Å². The van der Waals surface area contributed by atoms with E-state index in [9.17, 15) is 24.2 Å². The number of unbranched alkanes of at least 4 members (excludes halogenated alkanes) is 3. The number of aliphatic hydroxyl groups is 1. The first-order chi connectivity index (χ1) is 15.2. The van der Waals surface area contributed by atoms with Crippen molar-refractivity contribution >= 4 is 7.75 Å². The van der Waals surface area contributed by atoms with Crippen molar-refractivity contribution in [1.82, 2.24) is 18.9 Å². The topological polar surface area (TPSA) is 149 Å². The van der Waals surface area contributed by atoms with Crippen molar-refractivity contribution in [3.63, 3.8) is 0 Å². The lowest BCUT2D eigenvalue weighted by atomic mass is 10.2. The molecule has 0 spiro atoms. The monoisotopic (exact) mass is 462 g/mol. The fraction of sp³-hybridized carbons (Fsp3) is 0.450. The first-order valence-corrected chi connectivity index (χ1v) is 11.4. The molecular weight excluding hydrogens is 439 g/mol. The molecule has 1 saturated heterocycles.